The van der Waals surface area contributed by atoms with Gasteiger partial charge in [0.05, 0.1) is 17.2 Å². The molecule has 0 spiro atoms. The Balaban J connectivity index is 2.06. The summed E-state index contributed by atoms with van der Waals surface area (Å²) >= 11 is 6.23. The van der Waals surface area contributed by atoms with Crippen molar-refractivity contribution in [2.24, 2.45) is 11.8 Å². The van der Waals surface area contributed by atoms with Crippen LogP contribution in [0, 0.1) is 11.8 Å². The molecule has 106 valence electrons. The highest BCUT2D eigenvalue weighted by Crippen LogP contribution is 2.34. The molecule has 2 nitrogen and oxygen atoms in total. The Hall–Kier alpha value is -0.730. The normalized spacial score (nSPS) is 29.0. The van der Waals surface area contributed by atoms with Crippen LogP contribution in [0.2, 0.25) is 5.02 Å². The third kappa shape index (κ3) is 3.87. The van der Waals surface area contributed by atoms with Gasteiger partial charge in [-0.25, -0.2) is 0 Å². The quantitative estimate of drug-likeness (QED) is 0.878. The molecule has 0 bridgehead atoms. The Labute approximate surface area is 120 Å². The number of rotatable bonds is 3. The molecular formula is C16H23ClO2. The van der Waals surface area contributed by atoms with E-state index in [2.05, 4.69) is 13.8 Å². The molecule has 0 aromatic heterocycles. The number of halogens is 1. The van der Waals surface area contributed by atoms with Gasteiger partial charge in [-0.05, 0) is 55.7 Å². The van der Waals surface area contributed by atoms with E-state index in [1.165, 1.54) is 6.42 Å². The van der Waals surface area contributed by atoms with E-state index in [1.54, 1.807) is 13.0 Å². The van der Waals surface area contributed by atoms with Gasteiger partial charge in [-0.15, -0.1) is 0 Å². The van der Waals surface area contributed by atoms with Crippen LogP contribution in [0.25, 0.3) is 0 Å². The van der Waals surface area contributed by atoms with Gasteiger partial charge in [0, 0.05) is 0 Å². The van der Waals surface area contributed by atoms with E-state index >= 15 is 0 Å². The number of aliphatic hydroxyl groups excluding tert-OH is 1. The fraction of sp³-hybridized carbons (Fsp3) is 0.625. The number of aliphatic hydroxyl groups is 1. The minimum Gasteiger partial charge on any atom is -0.489 e. The zero-order valence-electron chi connectivity index (χ0n) is 11.9. The lowest BCUT2D eigenvalue weighted by atomic mass is 9.82. The Bertz CT molecular complexity index is 421. The molecule has 0 amide bonds. The SMILES string of the molecule is CC1CC(C)CC(Oc2ccc(C(C)O)cc2Cl)C1. The maximum absolute atomic E-state index is 9.53. The van der Waals surface area contributed by atoms with Crippen molar-refractivity contribution < 1.29 is 9.84 Å². The van der Waals surface area contributed by atoms with Gasteiger partial charge >= 0.3 is 0 Å². The van der Waals surface area contributed by atoms with E-state index < -0.39 is 6.10 Å². The van der Waals surface area contributed by atoms with Crippen LogP contribution in [0.5, 0.6) is 5.75 Å². The van der Waals surface area contributed by atoms with Crippen LogP contribution < -0.4 is 4.74 Å². The molecule has 3 atom stereocenters. The van der Waals surface area contributed by atoms with Crippen molar-refractivity contribution in [2.45, 2.75) is 52.2 Å². The second-order valence-electron chi connectivity index (χ2n) is 6.02. The average Bonchev–Trinajstić information content (AvgIpc) is 2.30. The molecule has 1 N–H and O–H groups in total. The third-order valence-electron chi connectivity index (χ3n) is 3.87. The zero-order valence-corrected chi connectivity index (χ0v) is 12.7. The predicted octanol–water partition coefficient (Wildman–Crippen LogP) is 4.60. The summed E-state index contributed by atoms with van der Waals surface area (Å²) in [5, 5.41) is 10.1. The second-order valence-corrected chi connectivity index (χ2v) is 6.43. The van der Waals surface area contributed by atoms with E-state index in [-0.39, 0.29) is 6.10 Å². The number of ether oxygens (including phenoxy) is 1. The summed E-state index contributed by atoms with van der Waals surface area (Å²) in [6.07, 6.45) is 3.24. The summed E-state index contributed by atoms with van der Waals surface area (Å²) in [6, 6.07) is 5.53. The number of hydrogen-bond donors (Lipinski definition) is 1. The van der Waals surface area contributed by atoms with Crippen LogP contribution in [0.3, 0.4) is 0 Å². The van der Waals surface area contributed by atoms with Crippen molar-refractivity contribution in [1.29, 1.82) is 0 Å². The van der Waals surface area contributed by atoms with Crippen LogP contribution in [-0.2, 0) is 0 Å². The molecule has 1 aliphatic rings. The van der Waals surface area contributed by atoms with Crippen molar-refractivity contribution in [3.05, 3.63) is 28.8 Å². The van der Waals surface area contributed by atoms with Gasteiger partial charge in [0.2, 0.25) is 0 Å². The Morgan fingerprint density at radius 2 is 1.84 bits per heavy atom. The molecule has 3 unspecified atom stereocenters. The van der Waals surface area contributed by atoms with Crippen molar-refractivity contribution in [2.75, 3.05) is 0 Å². The Morgan fingerprint density at radius 3 is 2.37 bits per heavy atom. The molecule has 0 aliphatic heterocycles. The Kier molecular flexibility index (Phi) is 4.75. The minimum atomic E-state index is -0.499. The van der Waals surface area contributed by atoms with Crippen LogP contribution >= 0.6 is 11.6 Å². The first kappa shape index (κ1) is 14.7. The minimum absolute atomic E-state index is 0.258. The summed E-state index contributed by atoms with van der Waals surface area (Å²) in [4.78, 5) is 0. The van der Waals surface area contributed by atoms with E-state index in [4.69, 9.17) is 16.3 Å². The molecular weight excluding hydrogens is 260 g/mol. The summed E-state index contributed by atoms with van der Waals surface area (Å²) in [7, 11) is 0. The van der Waals surface area contributed by atoms with Crippen LogP contribution in [-0.4, -0.2) is 11.2 Å². The van der Waals surface area contributed by atoms with Gasteiger partial charge in [0.25, 0.3) is 0 Å². The first-order valence-corrected chi connectivity index (χ1v) is 7.47. The smallest absolute Gasteiger partial charge is 0.138 e. The molecule has 3 heteroatoms. The van der Waals surface area contributed by atoms with E-state index in [0.717, 1.165) is 24.2 Å². The number of hydrogen-bond acceptors (Lipinski definition) is 2. The molecule has 1 aromatic rings. The molecule has 0 heterocycles. The van der Waals surface area contributed by atoms with Crippen molar-refractivity contribution in [1.82, 2.24) is 0 Å². The van der Waals surface area contributed by atoms with Crippen LogP contribution in [0.4, 0.5) is 0 Å². The van der Waals surface area contributed by atoms with E-state index in [0.29, 0.717) is 16.9 Å². The van der Waals surface area contributed by atoms with Crippen molar-refractivity contribution in [3.63, 3.8) is 0 Å². The molecule has 0 saturated heterocycles. The standard InChI is InChI=1S/C16H23ClO2/c1-10-6-11(2)8-14(7-10)19-16-5-4-13(12(3)18)9-15(16)17/h4-5,9-12,14,18H,6-8H2,1-3H3. The summed E-state index contributed by atoms with van der Waals surface area (Å²) in [5.41, 5.74) is 0.822. The topological polar surface area (TPSA) is 29.5 Å². The maximum Gasteiger partial charge on any atom is 0.138 e. The first-order chi connectivity index (χ1) is 8.95. The summed E-state index contributed by atoms with van der Waals surface area (Å²) < 4.78 is 6.05. The average molecular weight is 283 g/mol. The van der Waals surface area contributed by atoms with Gasteiger partial charge in [0.1, 0.15) is 5.75 Å². The first-order valence-electron chi connectivity index (χ1n) is 7.10. The summed E-state index contributed by atoms with van der Waals surface area (Å²) in [6.45, 7) is 6.30. The van der Waals surface area contributed by atoms with Gasteiger partial charge in [-0.1, -0.05) is 31.5 Å². The van der Waals surface area contributed by atoms with Crippen molar-refractivity contribution >= 4 is 11.6 Å². The molecule has 1 fully saturated rings. The highest BCUT2D eigenvalue weighted by atomic mass is 35.5. The second kappa shape index (κ2) is 6.15. The van der Waals surface area contributed by atoms with Crippen molar-refractivity contribution in [3.8, 4) is 5.75 Å². The molecule has 1 aromatic carbocycles. The number of benzene rings is 1. The molecule has 19 heavy (non-hydrogen) atoms. The molecule has 0 radical (unpaired) electrons. The van der Waals surface area contributed by atoms with Crippen LogP contribution in [0.15, 0.2) is 18.2 Å². The van der Waals surface area contributed by atoms with Crippen LogP contribution in [0.1, 0.15) is 51.7 Å². The van der Waals surface area contributed by atoms with Gasteiger partial charge in [-0.3, -0.25) is 0 Å². The zero-order chi connectivity index (χ0) is 14.0. The lowest BCUT2D eigenvalue weighted by molar-refractivity contribution is 0.101. The monoisotopic (exact) mass is 282 g/mol. The Morgan fingerprint density at radius 1 is 1.21 bits per heavy atom. The van der Waals surface area contributed by atoms with E-state index in [9.17, 15) is 5.11 Å². The molecule has 2 rings (SSSR count). The van der Waals surface area contributed by atoms with Gasteiger partial charge in [-0.2, -0.15) is 0 Å². The van der Waals surface area contributed by atoms with E-state index in [1.807, 2.05) is 12.1 Å². The molecule has 1 saturated carbocycles. The summed E-state index contributed by atoms with van der Waals surface area (Å²) in [5.74, 6) is 2.16. The molecule has 1 aliphatic carbocycles. The largest absolute Gasteiger partial charge is 0.489 e. The fourth-order valence-electron chi connectivity index (χ4n) is 3.02. The maximum atomic E-state index is 9.53. The predicted molar refractivity (Wildman–Crippen MR) is 78.7 cm³/mol. The highest BCUT2D eigenvalue weighted by molar-refractivity contribution is 6.32. The lowest BCUT2D eigenvalue weighted by Gasteiger charge is -2.32. The van der Waals surface area contributed by atoms with Gasteiger partial charge in [0.15, 0.2) is 0 Å². The fourth-order valence-corrected chi connectivity index (χ4v) is 3.25. The third-order valence-corrected chi connectivity index (χ3v) is 4.16. The van der Waals surface area contributed by atoms with Gasteiger partial charge < -0.3 is 9.84 Å². The highest BCUT2D eigenvalue weighted by Gasteiger charge is 2.25. The lowest BCUT2D eigenvalue weighted by Crippen LogP contribution is -2.28.